The van der Waals surface area contributed by atoms with Gasteiger partial charge in [-0.2, -0.15) is 5.10 Å². The van der Waals surface area contributed by atoms with Gasteiger partial charge in [-0.15, -0.1) is 0 Å². The van der Waals surface area contributed by atoms with Crippen LogP contribution in [0.25, 0.3) is 0 Å². The quantitative estimate of drug-likeness (QED) is 0.781. The lowest BCUT2D eigenvalue weighted by Gasteiger charge is -2.25. The standard InChI is InChI=1S/C16H29N3/c1-5-14-10-15(19(7-3)18-14)11-16(17-6-2)12(4)13-8-9-13/h10,12-13,16-17H,5-9,11H2,1-4H3. The lowest BCUT2D eigenvalue weighted by Crippen LogP contribution is -2.38. The summed E-state index contributed by atoms with van der Waals surface area (Å²) >= 11 is 0. The number of hydrogen-bond acceptors (Lipinski definition) is 2. The first-order valence-corrected chi connectivity index (χ1v) is 7.98. The Morgan fingerprint density at radius 3 is 2.63 bits per heavy atom. The molecule has 0 amide bonds. The van der Waals surface area contributed by atoms with Gasteiger partial charge in [-0.3, -0.25) is 4.68 Å². The van der Waals surface area contributed by atoms with Crippen molar-refractivity contribution in [1.29, 1.82) is 0 Å². The van der Waals surface area contributed by atoms with Crippen LogP contribution < -0.4 is 5.32 Å². The van der Waals surface area contributed by atoms with Crippen LogP contribution in [0.1, 0.15) is 51.9 Å². The molecule has 1 aromatic rings. The zero-order valence-electron chi connectivity index (χ0n) is 12.9. The zero-order chi connectivity index (χ0) is 13.8. The maximum atomic E-state index is 4.67. The maximum Gasteiger partial charge on any atom is 0.0624 e. The number of aryl methyl sites for hydroxylation is 2. The van der Waals surface area contributed by atoms with Crippen molar-refractivity contribution < 1.29 is 0 Å². The molecule has 0 aliphatic heterocycles. The van der Waals surface area contributed by atoms with Gasteiger partial charge in [0, 0.05) is 24.7 Å². The molecule has 1 aliphatic carbocycles. The van der Waals surface area contributed by atoms with E-state index in [1.165, 1.54) is 24.2 Å². The Balaban J connectivity index is 2.08. The summed E-state index contributed by atoms with van der Waals surface area (Å²) in [6.45, 7) is 11.0. The van der Waals surface area contributed by atoms with Gasteiger partial charge in [-0.1, -0.05) is 20.8 Å². The molecule has 0 aromatic carbocycles. The van der Waals surface area contributed by atoms with Crippen LogP contribution in [0, 0.1) is 11.8 Å². The van der Waals surface area contributed by atoms with Crippen LogP contribution in [-0.2, 0) is 19.4 Å². The zero-order valence-corrected chi connectivity index (χ0v) is 12.9. The van der Waals surface area contributed by atoms with Crippen LogP contribution in [0.5, 0.6) is 0 Å². The van der Waals surface area contributed by atoms with Crippen molar-refractivity contribution >= 4 is 0 Å². The molecule has 0 saturated heterocycles. The van der Waals surface area contributed by atoms with Gasteiger partial charge in [0.2, 0.25) is 0 Å². The second kappa shape index (κ2) is 6.56. The van der Waals surface area contributed by atoms with Gasteiger partial charge in [0.1, 0.15) is 0 Å². The second-order valence-corrected chi connectivity index (χ2v) is 5.86. The molecule has 0 radical (unpaired) electrons. The van der Waals surface area contributed by atoms with E-state index in [2.05, 4.69) is 48.9 Å². The third-order valence-electron chi connectivity index (χ3n) is 4.47. The molecule has 2 atom stereocenters. The molecule has 1 aromatic heterocycles. The highest BCUT2D eigenvalue weighted by Crippen LogP contribution is 2.38. The van der Waals surface area contributed by atoms with E-state index in [0.717, 1.165) is 37.8 Å². The minimum atomic E-state index is 0.601. The Bertz CT molecular complexity index is 393. The molecule has 1 aliphatic rings. The molecule has 2 unspecified atom stereocenters. The fraction of sp³-hybridized carbons (Fsp3) is 0.812. The summed E-state index contributed by atoms with van der Waals surface area (Å²) < 4.78 is 2.18. The van der Waals surface area contributed by atoms with E-state index in [4.69, 9.17) is 0 Å². The summed E-state index contributed by atoms with van der Waals surface area (Å²) in [7, 11) is 0. The molecule has 3 nitrogen and oxygen atoms in total. The molecule has 0 spiro atoms. The number of likely N-dealkylation sites (N-methyl/N-ethyl adjacent to an activating group) is 1. The first-order valence-electron chi connectivity index (χ1n) is 7.98. The highest BCUT2D eigenvalue weighted by molar-refractivity contribution is 5.12. The van der Waals surface area contributed by atoms with E-state index in [1.807, 2.05) is 0 Å². The largest absolute Gasteiger partial charge is 0.314 e. The average molecular weight is 263 g/mol. The summed E-state index contributed by atoms with van der Waals surface area (Å²) in [5, 5.41) is 8.36. The number of rotatable bonds is 8. The summed E-state index contributed by atoms with van der Waals surface area (Å²) in [6, 6.07) is 2.90. The fourth-order valence-corrected chi connectivity index (χ4v) is 3.01. The lowest BCUT2D eigenvalue weighted by atomic mass is 9.92. The van der Waals surface area contributed by atoms with Gasteiger partial charge in [-0.25, -0.2) is 0 Å². The molecule has 1 saturated carbocycles. The minimum Gasteiger partial charge on any atom is -0.314 e. The van der Waals surface area contributed by atoms with Gasteiger partial charge in [0.15, 0.2) is 0 Å². The number of nitrogens with one attached hydrogen (secondary N) is 1. The van der Waals surface area contributed by atoms with Crippen molar-refractivity contribution in [3.63, 3.8) is 0 Å². The molecule has 108 valence electrons. The predicted molar refractivity (Wildman–Crippen MR) is 80.3 cm³/mol. The van der Waals surface area contributed by atoms with E-state index in [-0.39, 0.29) is 0 Å². The van der Waals surface area contributed by atoms with E-state index >= 15 is 0 Å². The molecule has 1 heterocycles. The summed E-state index contributed by atoms with van der Waals surface area (Å²) in [5.41, 5.74) is 2.63. The molecule has 19 heavy (non-hydrogen) atoms. The monoisotopic (exact) mass is 263 g/mol. The highest BCUT2D eigenvalue weighted by Gasteiger charge is 2.33. The van der Waals surface area contributed by atoms with E-state index in [9.17, 15) is 0 Å². The number of nitrogens with zero attached hydrogens (tertiary/aromatic N) is 2. The Morgan fingerprint density at radius 1 is 1.37 bits per heavy atom. The number of hydrogen-bond donors (Lipinski definition) is 1. The number of aromatic nitrogens is 2. The van der Waals surface area contributed by atoms with Gasteiger partial charge in [0.25, 0.3) is 0 Å². The van der Waals surface area contributed by atoms with E-state index in [1.54, 1.807) is 0 Å². The fourth-order valence-electron chi connectivity index (χ4n) is 3.01. The van der Waals surface area contributed by atoms with Crippen LogP contribution in [0.4, 0.5) is 0 Å². The van der Waals surface area contributed by atoms with Crippen molar-refractivity contribution in [2.45, 2.75) is 66.0 Å². The Labute approximate surface area is 117 Å². The third kappa shape index (κ3) is 3.59. The van der Waals surface area contributed by atoms with Crippen LogP contribution in [0.15, 0.2) is 6.07 Å². The summed E-state index contributed by atoms with van der Waals surface area (Å²) in [6.07, 6.45) is 5.00. The highest BCUT2D eigenvalue weighted by atomic mass is 15.3. The molecule has 1 fully saturated rings. The van der Waals surface area contributed by atoms with E-state index in [0.29, 0.717) is 6.04 Å². The third-order valence-corrected chi connectivity index (χ3v) is 4.47. The molecule has 0 bridgehead atoms. The van der Waals surface area contributed by atoms with Crippen LogP contribution in [0.3, 0.4) is 0 Å². The Hall–Kier alpha value is -0.830. The van der Waals surface area contributed by atoms with Gasteiger partial charge >= 0.3 is 0 Å². The Morgan fingerprint density at radius 2 is 2.11 bits per heavy atom. The smallest absolute Gasteiger partial charge is 0.0624 e. The predicted octanol–water partition coefficient (Wildman–Crippen LogP) is 3.03. The van der Waals surface area contributed by atoms with Crippen LogP contribution in [-0.4, -0.2) is 22.4 Å². The molecule has 2 rings (SSSR count). The molecular weight excluding hydrogens is 234 g/mol. The van der Waals surface area contributed by atoms with Crippen LogP contribution >= 0.6 is 0 Å². The topological polar surface area (TPSA) is 29.9 Å². The minimum absolute atomic E-state index is 0.601. The first-order chi connectivity index (χ1) is 9.19. The van der Waals surface area contributed by atoms with Crippen LogP contribution in [0.2, 0.25) is 0 Å². The van der Waals surface area contributed by atoms with Gasteiger partial charge < -0.3 is 5.32 Å². The second-order valence-electron chi connectivity index (χ2n) is 5.86. The summed E-state index contributed by atoms with van der Waals surface area (Å²) in [4.78, 5) is 0. The van der Waals surface area contributed by atoms with Gasteiger partial charge in [-0.05, 0) is 50.6 Å². The summed E-state index contributed by atoms with van der Waals surface area (Å²) in [5.74, 6) is 1.73. The maximum absolute atomic E-state index is 4.67. The van der Waals surface area contributed by atoms with Crippen molar-refractivity contribution in [3.05, 3.63) is 17.5 Å². The lowest BCUT2D eigenvalue weighted by molar-refractivity contribution is 0.338. The average Bonchev–Trinajstić information content (AvgIpc) is 3.19. The first kappa shape index (κ1) is 14.6. The van der Waals surface area contributed by atoms with Gasteiger partial charge in [0.05, 0.1) is 5.69 Å². The normalized spacial score (nSPS) is 18.5. The van der Waals surface area contributed by atoms with Crippen molar-refractivity contribution in [2.75, 3.05) is 6.54 Å². The van der Waals surface area contributed by atoms with E-state index < -0.39 is 0 Å². The molecule has 1 N–H and O–H groups in total. The van der Waals surface area contributed by atoms with Crippen molar-refractivity contribution in [2.24, 2.45) is 11.8 Å². The van der Waals surface area contributed by atoms with Crippen molar-refractivity contribution in [3.8, 4) is 0 Å². The Kier molecular flexibility index (Phi) is 5.03. The molecule has 3 heteroatoms. The SMILES string of the molecule is CCNC(Cc1cc(CC)nn1CC)C(C)C1CC1. The van der Waals surface area contributed by atoms with Crippen molar-refractivity contribution in [1.82, 2.24) is 15.1 Å². The molecular formula is C16H29N3.